The quantitative estimate of drug-likeness (QED) is 0.105. The van der Waals surface area contributed by atoms with Crippen LogP contribution >= 0.6 is 11.6 Å². The molecule has 0 aromatic heterocycles. The molecule has 6 N–H and O–H groups in total. The first-order chi connectivity index (χ1) is 41.5. The van der Waals surface area contributed by atoms with E-state index in [0.29, 0.717) is 61.8 Å². The number of alkyl halides is 3. The van der Waals surface area contributed by atoms with Gasteiger partial charge in [-0.1, -0.05) is 85.4 Å². The molecule has 4 aliphatic heterocycles. The Morgan fingerprint density at radius 3 is 2.26 bits per heavy atom. The van der Waals surface area contributed by atoms with Gasteiger partial charge in [-0.15, -0.1) is 0 Å². The van der Waals surface area contributed by atoms with Crippen LogP contribution in [0.25, 0.3) is 0 Å². The highest BCUT2D eigenvalue weighted by molar-refractivity contribution is 6.31. The van der Waals surface area contributed by atoms with Gasteiger partial charge in [0, 0.05) is 169 Å². The predicted octanol–water partition coefficient (Wildman–Crippen LogP) is 11.8. The number of hydrogen-bond acceptors (Lipinski definition) is 13. The second-order valence-corrected chi connectivity index (χ2v) is 27.8. The number of aliphatic imine (C=N–C) groups is 1. The first-order valence-corrected chi connectivity index (χ1v) is 34.3. The lowest BCUT2D eigenvalue weighted by Gasteiger charge is -2.60. The maximum absolute atomic E-state index is 14.8. The molecule has 0 bridgehead atoms. The molecule has 1 aliphatic carbocycles. The number of carbonyl (C=O) groups is 1. The Balaban J connectivity index is 1.31. The molecule has 1 aromatic rings. The van der Waals surface area contributed by atoms with Crippen LogP contribution in [0.3, 0.4) is 0 Å². The molecular weight excluding hydrogens is 1120 g/mol. The minimum absolute atomic E-state index is 0.0471. The Hall–Kier alpha value is -3.68. The molecule has 5 aliphatic rings. The summed E-state index contributed by atoms with van der Waals surface area (Å²) >= 11 is 6.17. The van der Waals surface area contributed by atoms with E-state index >= 15 is 0 Å². The van der Waals surface area contributed by atoms with Crippen LogP contribution in [0.5, 0.6) is 0 Å². The number of aryl methyl sites for hydroxylation is 1. The summed E-state index contributed by atoms with van der Waals surface area (Å²) in [6, 6.07) is 5.77. The summed E-state index contributed by atoms with van der Waals surface area (Å²) in [6.07, 6.45) is 21.5. The third kappa shape index (κ3) is 21.2. The van der Waals surface area contributed by atoms with Gasteiger partial charge < -0.3 is 56.2 Å². The minimum atomic E-state index is -4.52. The molecule has 5 unspecified atom stereocenters. The van der Waals surface area contributed by atoms with E-state index in [4.69, 9.17) is 21.3 Å². The monoisotopic (exact) mass is 1240 g/mol. The number of benzene rings is 1. The van der Waals surface area contributed by atoms with E-state index in [1.807, 2.05) is 30.4 Å². The molecule has 14 nitrogen and oxygen atoms in total. The predicted molar refractivity (Wildman–Crippen MR) is 356 cm³/mol. The van der Waals surface area contributed by atoms with Gasteiger partial charge >= 0.3 is 6.18 Å². The van der Waals surface area contributed by atoms with Crippen molar-refractivity contribution in [1.82, 2.24) is 56.4 Å². The van der Waals surface area contributed by atoms with E-state index in [9.17, 15) is 18.0 Å². The van der Waals surface area contributed by atoms with Gasteiger partial charge in [0.05, 0.1) is 28.8 Å². The number of fused-ring (bicyclic) bond motifs is 2. The molecule has 6 rings (SSSR count). The highest BCUT2D eigenvalue weighted by atomic mass is 35.5. The number of nitrogens with zero attached hydrogens (tertiary/aromatic N) is 6. The van der Waals surface area contributed by atoms with E-state index in [0.717, 1.165) is 121 Å². The van der Waals surface area contributed by atoms with Gasteiger partial charge in [0.2, 0.25) is 5.91 Å². The molecule has 4 heterocycles. The molecule has 1 spiro atoms. The summed E-state index contributed by atoms with van der Waals surface area (Å²) in [5, 5.41) is 23.8. The van der Waals surface area contributed by atoms with Crippen LogP contribution in [-0.4, -0.2) is 176 Å². The molecule has 1 saturated carbocycles. The fraction of sp³-hybridized carbons (Fsp3) is 0.768. The van der Waals surface area contributed by atoms with Gasteiger partial charge in [-0.25, -0.2) is 0 Å². The van der Waals surface area contributed by atoms with Crippen LogP contribution in [0.2, 0.25) is 5.02 Å². The van der Waals surface area contributed by atoms with Crippen molar-refractivity contribution < 1.29 is 22.7 Å². The Morgan fingerprint density at radius 2 is 1.60 bits per heavy atom. The lowest BCUT2D eigenvalue weighted by Crippen LogP contribution is -2.76. The smallest absolute Gasteiger partial charge is 0.390 e. The van der Waals surface area contributed by atoms with Crippen molar-refractivity contribution in [1.29, 1.82) is 0 Å². The standard InChI is InChI=1S/C69H118ClF3N12O2/c1-15-39-87-46-59-44-81(13)38-34-76-57(26-24-56-25-27-60(61(70)41-56)69(71,72)73)28-31-74-32-33-75-47-68(29-18-19-30-68)80-53(10)66(49(5)6)85-55(12)65(67(86)83-35-20-17-21-36-83)64(85)43-77-52(9)62(40-48(3)4)78-42-63(50(7)16-2)79-51(8)54(11)84-37-22-23-58(84)45-82(59)14/h25,27-28,31,34,38,41,44-45,48-55,62-66,74-75,77-80H,15-24,26,29-30,32-33,35-37,39-40,42-43,46-47H2,1-14H3/t50-,51?,52?,53?,54-,55?,62-,63+,64?,65-,66-/m0/s1. The van der Waals surface area contributed by atoms with Crippen LogP contribution < -0.4 is 31.9 Å². The SMILES string of the molecule is CCCOCC1=CN(C)C=CN=C(CCc2ccc(C(F)(F)F)c(Cl)c2)C=CNCCNCC2(CCCC2)NC(C)[C@H](C(C)C)N2C(C)[C@H](C(=O)N3CCCCC3)C2CNC(C)[C@H](CC(C)C)NC[C@H]([C@@H](C)CC)NC(C)[C@H](C)N2CCCC2=CN1C. The average molecular weight is 1240 g/mol. The molecule has 494 valence electrons. The number of allylic oxidation sites excluding steroid dienone is 2. The first-order valence-electron chi connectivity index (χ1n) is 33.9. The zero-order chi connectivity index (χ0) is 63.4. The molecule has 4 fully saturated rings. The largest absolute Gasteiger partial charge is 0.417 e. The Kier molecular flexibility index (Phi) is 29.3. The number of halogens is 4. The van der Waals surface area contributed by atoms with E-state index in [1.54, 1.807) is 6.20 Å². The zero-order valence-electron chi connectivity index (χ0n) is 56.2. The molecule has 0 radical (unpaired) electrons. The third-order valence-electron chi connectivity index (χ3n) is 19.8. The molecule has 11 atom stereocenters. The van der Waals surface area contributed by atoms with Gasteiger partial charge in [0.25, 0.3) is 0 Å². The van der Waals surface area contributed by atoms with Gasteiger partial charge in [0.15, 0.2) is 0 Å². The van der Waals surface area contributed by atoms with Crippen LogP contribution in [0.1, 0.15) is 178 Å². The van der Waals surface area contributed by atoms with Gasteiger partial charge in [-0.3, -0.25) is 14.7 Å². The molecule has 1 aromatic carbocycles. The number of hydrogen-bond donors (Lipinski definition) is 6. The second kappa shape index (κ2) is 35.2. The van der Waals surface area contributed by atoms with Gasteiger partial charge in [-0.05, 0) is 153 Å². The maximum atomic E-state index is 14.8. The van der Waals surface area contributed by atoms with Crippen molar-refractivity contribution >= 4 is 23.2 Å². The normalized spacial score (nSPS) is 29.2. The summed E-state index contributed by atoms with van der Waals surface area (Å²) < 4.78 is 47.1. The fourth-order valence-corrected chi connectivity index (χ4v) is 14.8. The van der Waals surface area contributed by atoms with Crippen LogP contribution in [0.15, 0.2) is 71.7 Å². The van der Waals surface area contributed by atoms with Crippen molar-refractivity contribution in [3.05, 3.63) is 82.8 Å². The zero-order valence-corrected chi connectivity index (χ0v) is 56.9. The molecule has 18 heteroatoms. The second-order valence-electron chi connectivity index (χ2n) is 27.4. The molecule has 87 heavy (non-hydrogen) atoms. The van der Waals surface area contributed by atoms with Crippen molar-refractivity contribution in [3.63, 3.8) is 0 Å². The minimum Gasteiger partial charge on any atom is -0.390 e. The van der Waals surface area contributed by atoms with Crippen molar-refractivity contribution in [2.45, 2.75) is 239 Å². The first kappa shape index (κ1) is 72.4. The summed E-state index contributed by atoms with van der Waals surface area (Å²) in [6.45, 7) is 35.8. The highest BCUT2D eigenvalue weighted by Crippen LogP contribution is 2.41. The van der Waals surface area contributed by atoms with E-state index < -0.39 is 11.7 Å². The van der Waals surface area contributed by atoms with Crippen LogP contribution in [0, 0.1) is 23.7 Å². The van der Waals surface area contributed by atoms with Gasteiger partial charge in [0.1, 0.15) is 0 Å². The van der Waals surface area contributed by atoms with E-state index in [1.165, 1.54) is 37.1 Å². The summed E-state index contributed by atoms with van der Waals surface area (Å²) in [4.78, 5) is 31.4. The molecule has 3 saturated heterocycles. The van der Waals surface area contributed by atoms with E-state index in [-0.39, 0.29) is 70.9 Å². The number of amides is 1. The summed E-state index contributed by atoms with van der Waals surface area (Å²) in [5.41, 5.74) is 2.90. The number of likely N-dealkylation sites (N-methyl/N-ethyl adjacent to an activating group) is 1. The average Bonchev–Trinajstić information content (AvgIpc) is 1.44. The number of piperidine rings is 1. The lowest BCUT2D eigenvalue weighted by molar-refractivity contribution is -0.162. The van der Waals surface area contributed by atoms with Crippen molar-refractivity contribution in [2.75, 3.05) is 79.7 Å². The lowest BCUT2D eigenvalue weighted by atomic mass is 9.74. The fourth-order valence-electron chi connectivity index (χ4n) is 14.5. The Bertz CT molecular complexity index is 2390. The van der Waals surface area contributed by atoms with Crippen LogP contribution in [-0.2, 0) is 22.1 Å². The number of nitrogens with one attached hydrogen (secondary N) is 6. The van der Waals surface area contributed by atoms with Crippen molar-refractivity contribution in [3.8, 4) is 0 Å². The number of likely N-dealkylation sites (tertiary alicyclic amines) is 1. The molecular formula is C69H118ClF3N12O2. The van der Waals surface area contributed by atoms with Gasteiger partial charge in [-0.2, -0.15) is 13.2 Å². The number of rotatable bonds is 13. The number of ether oxygens (including phenoxy) is 1. The third-order valence-corrected chi connectivity index (χ3v) is 20.1. The summed E-state index contributed by atoms with van der Waals surface area (Å²) in [5.74, 6) is 1.62. The molecule has 1 amide bonds. The maximum Gasteiger partial charge on any atom is 0.417 e. The number of carbonyl (C=O) groups excluding carboxylic acids is 1. The topological polar surface area (TPSA) is 127 Å². The highest BCUT2D eigenvalue weighted by Gasteiger charge is 2.55. The summed E-state index contributed by atoms with van der Waals surface area (Å²) in [7, 11) is 4.10. The van der Waals surface area contributed by atoms with Crippen molar-refractivity contribution in [2.24, 2.45) is 28.7 Å². The Morgan fingerprint density at radius 1 is 0.862 bits per heavy atom. The Labute approximate surface area is 530 Å². The van der Waals surface area contributed by atoms with E-state index in [2.05, 4.69) is 154 Å². The van der Waals surface area contributed by atoms with Crippen LogP contribution in [0.4, 0.5) is 13.2 Å².